The number of rotatable bonds is 5. The van der Waals surface area contributed by atoms with Crippen LogP contribution in [0.1, 0.15) is 47.9 Å². The second-order valence-electron chi connectivity index (χ2n) is 6.77. The lowest BCUT2D eigenvalue weighted by Crippen LogP contribution is -2.42. The van der Waals surface area contributed by atoms with Crippen molar-refractivity contribution >= 4 is 5.91 Å². The molecule has 5 nitrogen and oxygen atoms in total. The summed E-state index contributed by atoms with van der Waals surface area (Å²) in [6.45, 7) is 5.63. The van der Waals surface area contributed by atoms with Crippen LogP contribution in [0.4, 0.5) is 0 Å². The molecule has 25 heavy (non-hydrogen) atoms. The molecule has 0 saturated carbocycles. The highest BCUT2D eigenvalue weighted by Crippen LogP contribution is 2.23. The third-order valence-electron chi connectivity index (χ3n) is 4.77. The summed E-state index contributed by atoms with van der Waals surface area (Å²) in [5.41, 5.74) is 2.83. The summed E-state index contributed by atoms with van der Waals surface area (Å²) >= 11 is 0. The van der Waals surface area contributed by atoms with E-state index in [1.54, 1.807) is 4.68 Å². The summed E-state index contributed by atoms with van der Waals surface area (Å²) in [5.74, 6) is 1.02. The highest BCUT2D eigenvalue weighted by Gasteiger charge is 2.26. The minimum Gasteiger partial charge on any atom is -0.490 e. The van der Waals surface area contributed by atoms with Crippen LogP contribution >= 0.6 is 0 Å². The van der Waals surface area contributed by atoms with Gasteiger partial charge in [0.05, 0.1) is 5.69 Å². The Morgan fingerprint density at radius 3 is 2.68 bits per heavy atom. The number of likely N-dealkylation sites (tertiary alicyclic amines) is 1. The van der Waals surface area contributed by atoms with Gasteiger partial charge in [-0.25, -0.2) is 0 Å². The molecule has 3 rings (SSSR count). The van der Waals surface area contributed by atoms with Gasteiger partial charge in [-0.1, -0.05) is 31.5 Å². The number of aryl methyl sites for hydroxylation is 3. The van der Waals surface area contributed by atoms with Crippen molar-refractivity contribution in [2.75, 3.05) is 13.1 Å². The molecule has 0 bridgehead atoms. The van der Waals surface area contributed by atoms with Crippen LogP contribution in [0.5, 0.6) is 5.75 Å². The van der Waals surface area contributed by atoms with Crippen LogP contribution in [0.3, 0.4) is 0 Å². The van der Waals surface area contributed by atoms with Crippen LogP contribution < -0.4 is 4.74 Å². The quantitative estimate of drug-likeness (QED) is 0.838. The van der Waals surface area contributed by atoms with Gasteiger partial charge >= 0.3 is 0 Å². The SMILES string of the molecule is CCCc1cc(C(=O)N2CCC(Oc3ccccc3C)CC2)n(C)n1. The van der Waals surface area contributed by atoms with Crippen LogP contribution in [0.2, 0.25) is 0 Å². The lowest BCUT2D eigenvalue weighted by molar-refractivity contribution is 0.0584. The maximum atomic E-state index is 12.8. The molecule has 2 heterocycles. The first-order valence-electron chi connectivity index (χ1n) is 9.13. The highest BCUT2D eigenvalue weighted by atomic mass is 16.5. The predicted octanol–water partition coefficient (Wildman–Crippen LogP) is 3.36. The Balaban J connectivity index is 1.58. The van der Waals surface area contributed by atoms with Gasteiger partial charge in [-0.3, -0.25) is 9.48 Å². The molecule has 1 aromatic heterocycles. The standard InChI is InChI=1S/C20H27N3O2/c1-4-7-16-14-18(22(3)21-16)20(24)23-12-10-17(11-13-23)25-19-9-6-5-8-15(19)2/h5-6,8-9,14,17H,4,7,10-13H2,1-3H3. The van der Waals surface area contributed by atoms with Gasteiger partial charge in [0.25, 0.3) is 5.91 Å². The third-order valence-corrected chi connectivity index (χ3v) is 4.77. The molecule has 0 N–H and O–H groups in total. The van der Waals surface area contributed by atoms with Gasteiger partial charge in [-0.2, -0.15) is 5.10 Å². The Kier molecular flexibility index (Phi) is 5.41. The molecule has 0 atom stereocenters. The molecule has 1 aromatic carbocycles. The average molecular weight is 341 g/mol. The van der Waals surface area contributed by atoms with Crippen molar-refractivity contribution in [3.63, 3.8) is 0 Å². The summed E-state index contributed by atoms with van der Waals surface area (Å²) in [7, 11) is 1.85. The average Bonchev–Trinajstić information content (AvgIpc) is 2.98. The van der Waals surface area contributed by atoms with Gasteiger partial charge in [0.1, 0.15) is 17.5 Å². The van der Waals surface area contributed by atoms with Gasteiger partial charge in [0.15, 0.2) is 0 Å². The van der Waals surface area contributed by atoms with E-state index < -0.39 is 0 Å². The lowest BCUT2D eigenvalue weighted by Gasteiger charge is -2.32. The van der Waals surface area contributed by atoms with E-state index in [-0.39, 0.29) is 12.0 Å². The van der Waals surface area contributed by atoms with Gasteiger partial charge in [0, 0.05) is 33.0 Å². The van der Waals surface area contributed by atoms with E-state index in [4.69, 9.17) is 4.74 Å². The summed E-state index contributed by atoms with van der Waals surface area (Å²) in [6.07, 6.45) is 3.84. The number of nitrogens with zero attached hydrogens (tertiary/aromatic N) is 3. The van der Waals surface area contributed by atoms with Crippen molar-refractivity contribution in [1.82, 2.24) is 14.7 Å². The van der Waals surface area contributed by atoms with Crippen LogP contribution in [0.15, 0.2) is 30.3 Å². The van der Waals surface area contributed by atoms with Crippen molar-refractivity contribution < 1.29 is 9.53 Å². The van der Waals surface area contributed by atoms with Crippen molar-refractivity contribution in [3.8, 4) is 5.75 Å². The molecule has 1 saturated heterocycles. The molecule has 1 aliphatic rings. The summed E-state index contributed by atoms with van der Waals surface area (Å²) in [6, 6.07) is 10.0. The number of aromatic nitrogens is 2. The number of ether oxygens (including phenoxy) is 1. The number of carbonyl (C=O) groups excluding carboxylic acids is 1. The Morgan fingerprint density at radius 1 is 1.28 bits per heavy atom. The zero-order valence-corrected chi connectivity index (χ0v) is 15.4. The monoisotopic (exact) mass is 341 g/mol. The third kappa shape index (κ3) is 4.03. The van der Waals surface area contributed by atoms with Crippen molar-refractivity contribution in [1.29, 1.82) is 0 Å². The maximum Gasteiger partial charge on any atom is 0.272 e. The summed E-state index contributed by atoms with van der Waals surface area (Å²) in [4.78, 5) is 14.7. The molecule has 0 spiro atoms. The zero-order valence-electron chi connectivity index (χ0n) is 15.4. The molecule has 134 valence electrons. The Bertz CT molecular complexity index is 730. The first-order valence-corrected chi connectivity index (χ1v) is 9.13. The first-order chi connectivity index (χ1) is 12.1. The van der Waals surface area contributed by atoms with E-state index in [0.717, 1.165) is 55.8 Å². The van der Waals surface area contributed by atoms with E-state index in [1.165, 1.54) is 0 Å². The van der Waals surface area contributed by atoms with E-state index in [2.05, 4.69) is 25.0 Å². The van der Waals surface area contributed by atoms with Crippen molar-refractivity contribution in [2.24, 2.45) is 7.05 Å². The molecule has 0 aliphatic carbocycles. The predicted molar refractivity (Wildman–Crippen MR) is 97.9 cm³/mol. The molecular formula is C20H27N3O2. The van der Waals surface area contributed by atoms with Crippen LogP contribution in [0, 0.1) is 6.92 Å². The molecule has 1 amide bonds. The number of para-hydroxylation sites is 1. The fourth-order valence-corrected chi connectivity index (χ4v) is 3.31. The lowest BCUT2D eigenvalue weighted by atomic mass is 10.1. The van der Waals surface area contributed by atoms with Gasteiger partial charge < -0.3 is 9.64 Å². The second kappa shape index (κ2) is 7.72. The fraction of sp³-hybridized carbons (Fsp3) is 0.500. The molecule has 0 unspecified atom stereocenters. The topological polar surface area (TPSA) is 47.4 Å². The van der Waals surface area contributed by atoms with E-state index >= 15 is 0 Å². The number of amides is 1. The fourth-order valence-electron chi connectivity index (χ4n) is 3.31. The molecule has 1 fully saturated rings. The molecule has 0 radical (unpaired) electrons. The minimum absolute atomic E-state index is 0.0756. The van der Waals surface area contributed by atoms with Gasteiger partial charge in [-0.05, 0) is 31.0 Å². The number of piperidine rings is 1. The minimum atomic E-state index is 0.0756. The van der Waals surface area contributed by atoms with Crippen molar-refractivity contribution in [2.45, 2.75) is 45.6 Å². The second-order valence-corrected chi connectivity index (χ2v) is 6.77. The number of hydrogen-bond donors (Lipinski definition) is 0. The Morgan fingerprint density at radius 2 is 2.00 bits per heavy atom. The van der Waals surface area contributed by atoms with Crippen molar-refractivity contribution in [3.05, 3.63) is 47.3 Å². The van der Waals surface area contributed by atoms with Crippen LogP contribution in [0.25, 0.3) is 0 Å². The first kappa shape index (κ1) is 17.5. The normalized spacial score (nSPS) is 15.4. The zero-order chi connectivity index (χ0) is 17.8. The van der Waals surface area contributed by atoms with Crippen LogP contribution in [-0.2, 0) is 13.5 Å². The largest absolute Gasteiger partial charge is 0.490 e. The molecule has 1 aliphatic heterocycles. The van der Waals surface area contributed by atoms with Gasteiger partial charge in [-0.15, -0.1) is 0 Å². The Hall–Kier alpha value is -2.30. The number of carbonyl (C=O) groups is 1. The maximum absolute atomic E-state index is 12.8. The highest BCUT2D eigenvalue weighted by molar-refractivity contribution is 5.92. The van der Waals surface area contributed by atoms with E-state index in [0.29, 0.717) is 5.69 Å². The summed E-state index contributed by atoms with van der Waals surface area (Å²) < 4.78 is 7.84. The van der Waals surface area contributed by atoms with E-state index in [9.17, 15) is 4.79 Å². The smallest absolute Gasteiger partial charge is 0.272 e. The molecule has 2 aromatic rings. The molecule has 5 heteroatoms. The van der Waals surface area contributed by atoms with Crippen LogP contribution in [-0.4, -0.2) is 39.8 Å². The van der Waals surface area contributed by atoms with Gasteiger partial charge in [0.2, 0.25) is 0 Å². The summed E-state index contributed by atoms with van der Waals surface area (Å²) in [5, 5.41) is 4.44. The molecular weight excluding hydrogens is 314 g/mol. The number of benzene rings is 1. The number of hydrogen-bond acceptors (Lipinski definition) is 3. The van der Waals surface area contributed by atoms with E-state index in [1.807, 2.05) is 36.2 Å². The Labute approximate surface area is 149 Å².